The largest absolute Gasteiger partial charge is 0.399 e. The van der Waals surface area contributed by atoms with Crippen molar-refractivity contribution in [2.45, 2.75) is 0 Å². The summed E-state index contributed by atoms with van der Waals surface area (Å²) in [4.78, 5) is 17.7. The quantitative estimate of drug-likeness (QED) is 0.160. The van der Waals surface area contributed by atoms with Gasteiger partial charge in [-0.1, -0.05) is 54.6 Å². The van der Waals surface area contributed by atoms with Crippen LogP contribution in [0.25, 0.3) is 79.8 Å². The van der Waals surface area contributed by atoms with Crippen molar-refractivity contribution in [2.75, 3.05) is 11.5 Å². The van der Waals surface area contributed by atoms with E-state index in [0.29, 0.717) is 0 Å². The van der Waals surface area contributed by atoms with Crippen LogP contribution in [0.2, 0.25) is 0 Å². The zero-order chi connectivity index (χ0) is 29.6. The topological polar surface area (TPSA) is 109 Å². The Balaban J connectivity index is 1.53. The van der Waals surface area contributed by atoms with Crippen LogP contribution in [0.4, 0.5) is 11.4 Å². The fourth-order valence-electron chi connectivity index (χ4n) is 5.95. The van der Waals surface area contributed by atoms with E-state index in [1.165, 1.54) is 0 Å². The van der Waals surface area contributed by atoms with Crippen molar-refractivity contribution in [3.05, 3.63) is 132 Å². The van der Waals surface area contributed by atoms with Gasteiger partial charge in [0.1, 0.15) is 0 Å². The predicted molar refractivity (Wildman–Crippen MR) is 184 cm³/mol. The van der Waals surface area contributed by atoms with Crippen LogP contribution < -0.4 is 11.5 Å². The second-order valence-corrected chi connectivity index (χ2v) is 11.0. The van der Waals surface area contributed by atoms with Crippen molar-refractivity contribution in [1.82, 2.24) is 19.9 Å². The third-order valence-corrected chi connectivity index (χ3v) is 8.04. The van der Waals surface area contributed by atoms with Crippen molar-refractivity contribution in [3.8, 4) is 33.4 Å². The van der Waals surface area contributed by atoms with Crippen LogP contribution >= 0.6 is 0 Å². The number of fused-ring (bicyclic) bond motifs is 8. The number of aromatic amines is 2. The fourth-order valence-corrected chi connectivity index (χ4v) is 5.95. The summed E-state index contributed by atoms with van der Waals surface area (Å²) in [5.41, 5.74) is 27.0. The molecular formula is C38H28N6. The maximum atomic E-state index is 6.06. The Morgan fingerprint density at radius 1 is 0.432 bits per heavy atom. The first-order valence-electron chi connectivity index (χ1n) is 14.5. The number of nitrogens with one attached hydrogen (secondary N) is 2. The van der Waals surface area contributed by atoms with Gasteiger partial charge in [0, 0.05) is 50.1 Å². The van der Waals surface area contributed by atoms with Crippen LogP contribution in [-0.2, 0) is 0 Å². The van der Waals surface area contributed by atoms with E-state index < -0.39 is 0 Å². The van der Waals surface area contributed by atoms with Gasteiger partial charge in [-0.3, -0.25) is 0 Å². The molecule has 0 radical (unpaired) electrons. The Labute approximate surface area is 254 Å². The molecule has 6 N–H and O–H groups in total. The van der Waals surface area contributed by atoms with Crippen LogP contribution in [0.1, 0.15) is 22.8 Å². The monoisotopic (exact) mass is 568 g/mol. The van der Waals surface area contributed by atoms with Crippen molar-refractivity contribution < 1.29 is 0 Å². The maximum absolute atomic E-state index is 6.06. The van der Waals surface area contributed by atoms with E-state index in [9.17, 15) is 0 Å². The minimum Gasteiger partial charge on any atom is -0.399 e. The highest BCUT2D eigenvalue weighted by molar-refractivity contribution is 5.97. The molecule has 6 aromatic rings. The summed E-state index contributed by atoms with van der Waals surface area (Å²) in [5, 5.41) is 0. The number of hydrogen-bond acceptors (Lipinski definition) is 4. The maximum Gasteiger partial charge on any atom is 0.0737 e. The molecule has 0 saturated carbocycles. The minimum absolute atomic E-state index is 0.717. The Bertz CT molecular complexity index is 2230. The molecule has 210 valence electrons. The Hall–Kier alpha value is -6.14. The summed E-state index contributed by atoms with van der Waals surface area (Å²) in [6, 6.07) is 36.7. The summed E-state index contributed by atoms with van der Waals surface area (Å²) in [6.45, 7) is 0. The number of anilines is 2. The van der Waals surface area contributed by atoms with Gasteiger partial charge in [-0.05, 0) is 95.6 Å². The van der Waals surface area contributed by atoms with Crippen molar-refractivity contribution in [3.63, 3.8) is 0 Å². The molecule has 6 nitrogen and oxygen atoms in total. The molecule has 44 heavy (non-hydrogen) atoms. The van der Waals surface area contributed by atoms with E-state index in [0.717, 1.165) is 89.6 Å². The summed E-state index contributed by atoms with van der Waals surface area (Å²) in [7, 11) is 0. The molecule has 0 spiro atoms. The molecule has 3 aromatic carbocycles. The first-order chi connectivity index (χ1) is 21.6. The van der Waals surface area contributed by atoms with Gasteiger partial charge in [-0.25, -0.2) is 9.97 Å². The molecule has 5 heterocycles. The molecular weight excluding hydrogens is 540 g/mol. The highest BCUT2D eigenvalue weighted by atomic mass is 14.8. The van der Waals surface area contributed by atoms with Crippen LogP contribution in [0.15, 0.2) is 109 Å². The lowest BCUT2D eigenvalue weighted by Gasteiger charge is -2.06. The summed E-state index contributed by atoms with van der Waals surface area (Å²) < 4.78 is 0. The normalized spacial score (nSPS) is 12.1. The lowest BCUT2D eigenvalue weighted by atomic mass is 10.0. The fraction of sp³-hybridized carbons (Fsp3) is 0. The molecule has 3 aromatic heterocycles. The van der Waals surface area contributed by atoms with Gasteiger partial charge in [0.05, 0.1) is 22.8 Å². The number of aromatic nitrogens is 4. The predicted octanol–water partition coefficient (Wildman–Crippen LogP) is 8.82. The number of nitrogens with zero attached hydrogens (tertiary/aromatic N) is 2. The van der Waals surface area contributed by atoms with Gasteiger partial charge in [0.2, 0.25) is 0 Å². The van der Waals surface area contributed by atoms with E-state index >= 15 is 0 Å². The van der Waals surface area contributed by atoms with E-state index in [1.807, 2.05) is 60.7 Å². The number of nitrogens with two attached hydrogens (primary N) is 2. The standard InChI is InChI=1S/C38H28N6/c39-26-10-6-24(7-11-26)37-30-16-14-28(41-30)22-29-15-17-31(42-29)38(25-8-12-27(40)13-9-25)35-21-19-33(44-35)36(23-4-2-1-3-5-23)32-18-20-34(37)43-32/h1-22,41,44H,39-40H2. The summed E-state index contributed by atoms with van der Waals surface area (Å²) in [5.74, 6) is 0. The number of H-pyrrole nitrogens is 2. The van der Waals surface area contributed by atoms with Gasteiger partial charge < -0.3 is 21.4 Å². The van der Waals surface area contributed by atoms with E-state index in [2.05, 4.69) is 82.8 Å². The second kappa shape index (κ2) is 10.3. The highest BCUT2D eigenvalue weighted by Gasteiger charge is 2.16. The van der Waals surface area contributed by atoms with Gasteiger partial charge in [0.25, 0.3) is 0 Å². The van der Waals surface area contributed by atoms with Gasteiger partial charge in [0.15, 0.2) is 0 Å². The van der Waals surface area contributed by atoms with Gasteiger partial charge in [-0.2, -0.15) is 0 Å². The molecule has 0 saturated heterocycles. The van der Waals surface area contributed by atoms with Crippen LogP contribution in [0.5, 0.6) is 0 Å². The zero-order valence-electron chi connectivity index (χ0n) is 23.8. The van der Waals surface area contributed by atoms with E-state index in [1.54, 1.807) is 0 Å². The molecule has 8 rings (SSSR count). The molecule has 0 fully saturated rings. The van der Waals surface area contributed by atoms with Gasteiger partial charge in [-0.15, -0.1) is 0 Å². The minimum atomic E-state index is 0.717. The number of hydrogen-bond donors (Lipinski definition) is 4. The van der Waals surface area contributed by atoms with Crippen LogP contribution in [0.3, 0.4) is 0 Å². The molecule has 0 atom stereocenters. The molecule has 8 bridgehead atoms. The Morgan fingerprint density at radius 2 is 0.909 bits per heavy atom. The molecule has 2 aliphatic rings. The Morgan fingerprint density at radius 3 is 1.50 bits per heavy atom. The SMILES string of the molecule is Nc1ccc(-c2c3nc(c(-c4ccccc4)c4ccc([nH]4)c(-c4ccc(N)cc4)c4nc(cc5ccc2[nH]5)C=C4)C=C3)cc1. The summed E-state index contributed by atoms with van der Waals surface area (Å²) >= 11 is 0. The van der Waals surface area contributed by atoms with Crippen LogP contribution in [-0.4, -0.2) is 19.9 Å². The second-order valence-electron chi connectivity index (χ2n) is 11.0. The molecule has 0 unspecified atom stereocenters. The van der Waals surface area contributed by atoms with E-state index in [-0.39, 0.29) is 0 Å². The highest BCUT2D eigenvalue weighted by Crippen LogP contribution is 2.36. The average Bonchev–Trinajstić information content (AvgIpc) is 3.87. The molecule has 2 aliphatic heterocycles. The molecule has 0 amide bonds. The molecule has 6 heteroatoms. The third-order valence-electron chi connectivity index (χ3n) is 8.04. The first-order valence-corrected chi connectivity index (χ1v) is 14.5. The lowest BCUT2D eigenvalue weighted by Crippen LogP contribution is -1.89. The zero-order valence-corrected chi connectivity index (χ0v) is 23.8. The third kappa shape index (κ3) is 4.55. The average molecular weight is 569 g/mol. The smallest absolute Gasteiger partial charge is 0.0737 e. The number of benzene rings is 3. The lowest BCUT2D eigenvalue weighted by molar-refractivity contribution is 1.31. The first kappa shape index (κ1) is 25.6. The Kier molecular flexibility index (Phi) is 5.98. The van der Waals surface area contributed by atoms with Crippen molar-refractivity contribution in [2.24, 2.45) is 0 Å². The van der Waals surface area contributed by atoms with Gasteiger partial charge >= 0.3 is 0 Å². The van der Waals surface area contributed by atoms with E-state index in [4.69, 9.17) is 21.4 Å². The van der Waals surface area contributed by atoms with Crippen molar-refractivity contribution >= 4 is 57.7 Å². The molecule has 0 aliphatic carbocycles. The number of rotatable bonds is 3. The summed E-state index contributed by atoms with van der Waals surface area (Å²) in [6.07, 6.45) is 8.30. The van der Waals surface area contributed by atoms with Crippen LogP contribution in [0, 0.1) is 0 Å². The number of nitrogen functional groups attached to an aromatic ring is 2. The van der Waals surface area contributed by atoms with Crippen molar-refractivity contribution in [1.29, 1.82) is 0 Å².